The van der Waals surface area contributed by atoms with Gasteiger partial charge in [0.1, 0.15) is 22.9 Å². The van der Waals surface area contributed by atoms with E-state index in [1.807, 2.05) is 61.6 Å². The van der Waals surface area contributed by atoms with Crippen LogP contribution in [-0.4, -0.2) is 31.0 Å². The number of hydrogen-bond acceptors (Lipinski definition) is 4. The third-order valence-corrected chi connectivity index (χ3v) is 4.59. The van der Waals surface area contributed by atoms with E-state index in [2.05, 4.69) is 20.9 Å². The van der Waals surface area contributed by atoms with Gasteiger partial charge in [0.25, 0.3) is 0 Å². The molecule has 0 fully saturated rings. The SMILES string of the molecule is CN(C)c1ccc(-c2cc3cc(OCCCCCBr)ccc3o2)cn1. The monoisotopic (exact) mass is 402 g/mol. The number of alkyl halides is 1. The number of unbranched alkanes of at least 4 members (excludes halogenated alkanes) is 2. The van der Waals surface area contributed by atoms with Gasteiger partial charge in [-0.05, 0) is 55.7 Å². The van der Waals surface area contributed by atoms with E-state index >= 15 is 0 Å². The summed E-state index contributed by atoms with van der Waals surface area (Å²) in [5.74, 6) is 2.64. The molecule has 2 heterocycles. The average Bonchev–Trinajstić information content (AvgIpc) is 3.05. The smallest absolute Gasteiger partial charge is 0.136 e. The molecule has 0 radical (unpaired) electrons. The second-order valence-corrected chi connectivity index (χ2v) is 7.00. The molecule has 0 atom stereocenters. The number of nitrogens with zero attached hydrogens (tertiary/aromatic N) is 2. The number of rotatable bonds is 8. The van der Waals surface area contributed by atoms with Gasteiger partial charge in [0.2, 0.25) is 0 Å². The van der Waals surface area contributed by atoms with Crippen molar-refractivity contribution in [2.75, 3.05) is 30.9 Å². The molecule has 1 aromatic carbocycles. The number of pyridine rings is 1. The van der Waals surface area contributed by atoms with Crippen LogP contribution in [0.25, 0.3) is 22.3 Å². The van der Waals surface area contributed by atoms with E-state index in [4.69, 9.17) is 9.15 Å². The van der Waals surface area contributed by atoms with Gasteiger partial charge >= 0.3 is 0 Å². The Balaban J connectivity index is 1.71. The van der Waals surface area contributed by atoms with Gasteiger partial charge in [-0.1, -0.05) is 15.9 Å². The second kappa shape index (κ2) is 8.39. The topological polar surface area (TPSA) is 38.5 Å². The summed E-state index contributed by atoms with van der Waals surface area (Å²) >= 11 is 3.45. The van der Waals surface area contributed by atoms with Crippen molar-refractivity contribution in [1.82, 2.24) is 4.98 Å². The quantitative estimate of drug-likeness (QED) is 0.368. The summed E-state index contributed by atoms with van der Waals surface area (Å²) in [6, 6.07) is 12.0. The molecular weight excluding hydrogens is 380 g/mol. The van der Waals surface area contributed by atoms with E-state index in [0.29, 0.717) is 0 Å². The van der Waals surface area contributed by atoms with Crippen LogP contribution < -0.4 is 9.64 Å². The lowest BCUT2D eigenvalue weighted by atomic mass is 10.2. The Morgan fingerprint density at radius 3 is 2.68 bits per heavy atom. The summed E-state index contributed by atoms with van der Waals surface area (Å²) < 4.78 is 11.8. The van der Waals surface area contributed by atoms with Crippen molar-refractivity contribution >= 4 is 32.7 Å². The Kier molecular flexibility index (Phi) is 5.97. The molecule has 0 aliphatic heterocycles. The van der Waals surface area contributed by atoms with Gasteiger partial charge in [-0.15, -0.1) is 0 Å². The summed E-state index contributed by atoms with van der Waals surface area (Å²) in [4.78, 5) is 6.42. The molecular formula is C20H23BrN2O2. The molecule has 0 spiro atoms. The van der Waals surface area contributed by atoms with Gasteiger partial charge in [-0.3, -0.25) is 0 Å². The molecule has 4 nitrogen and oxygen atoms in total. The number of ether oxygens (including phenoxy) is 1. The number of aromatic nitrogens is 1. The lowest BCUT2D eigenvalue weighted by molar-refractivity contribution is 0.307. The summed E-state index contributed by atoms with van der Waals surface area (Å²) in [6.07, 6.45) is 5.28. The Bertz CT molecular complexity index is 812. The van der Waals surface area contributed by atoms with Crippen LogP contribution in [-0.2, 0) is 0 Å². The minimum absolute atomic E-state index is 0.749. The van der Waals surface area contributed by atoms with Gasteiger partial charge in [0.05, 0.1) is 6.61 Å². The van der Waals surface area contributed by atoms with E-state index in [1.54, 1.807) is 0 Å². The molecule has 0 bridgehead atoms. The van der Waals surface area contributed by atoms with Crippen LogP contribution in [0.2, 0.25) is 0 Å². The van der Waals surface area contributed by atoms with Crippen molar-refractivity contribution in [3.05, 3.63) is 42.6 Å². The minimum Gasteiger partial charge on any atom is -0.494 e. The highest BCUT2D eigenvalue weighted by Crippen LogP contribution is 2.30. The van der Waals surface area contributed by atoms with Gasteiger partial charge in [0, 0.05) is 36.6 Å². The summed E-state index contributed by atoms with van der Waals surface area (Å²) in [6.45, 7) is 0.749. The highest BCUT2D eigenvalue weighted by molar-refractivity contribution is 9.09. The molecule has 0 aliphatic rings. The predicted molar refractivity (Wildman–Crippen MR) is 107 cm³/mol. The molecule has 5 heteroatoms. The van der Waals surface area contributed by atoms with Crippen LogP contribution in [0.3, 0.4) is 0 Å². The number of anilines is 1. The van der Waals surface area contributed by atoms with Gasteiger partial charge < -0.3 is 14.1 Å². The van der Waals surface area contributed by atoms with Crippen molar-refractivity contribution in [3.63, 3.8) is 0 Å². The molecule has 132 valence electrons. The van der Waals surface area contributed by atoms with Crippen molar-refractivity contribution < 1.29 is 9.15 Å². The molecule has 0 amide bonds. The molecule has 0 saturated heterocycles. The van der Waals surface area contributed by atoms with Crippen LogP contribution >= 0.6 is 15.9 Å². The van der Waals surface area contributed by atoms with Crippen LogP contribution in [0.15, 0.2) is 47.0 Å². The fourth-order valence-electron chi connectivity index (χ4n) is 2.61. The predicted octanol–water partition coefficient (Wildman–Crippen LogP) is 5.50. The second-order valence-electron chi connectivity index (χ2n) is 6.21. The lowest BCUT2D eigenvalue weighted by Gasteiger charge is -2.10. The number of fused-ring (bicyclic) bond motifs is 1. The van der Waals surface area contributed by atoms with Crippen molar-refractivity contribution in [1.29, 1.82) is 0 Å². The first-order valence-electron chi connectivity index (χ1n) is 8.53. The normalized spacial score (nSPS) is 11.0. The van der Waals surface area contributed by atoms with E-state index in [9.17, 15) is 0 Å². The fourth-order valence-corrected chi connectivity index (χ4v) is 3.01. The molecule has 0 aliphatic carbocycles. The summed E-state index contributed by atoms with van der Waals surface area (Å²) in [7, 11) is 3.95. The maximum atomic E-state index is 5.95. The maximum absolute atomic E-state index is 5.95. The van der Waals surface area contributed by atoms with Gasteiger partial charge in [-0.25, -0.2) is 4.98 Å². The Labute approximate surface area is 156 Å². The molecule has 3 rings (SSSR count). The molecule has 25 heavy (non-hydrogen) atoms. The Hall–Kier alpha value is -2.01. The molecule has 3 aromatic rings. The number of benzene rings is 1. The fraction of sp³-hybridized carbons (Fsp3) is 0.350. The summed E-state index contributed by atoms with van der Waals surface area (Å²) in [5.41, 5.74) is 1.83. The highest BCUT2D eigenvalue weighted by Gasteiger charge is 2.08. The number of hydrogen-bond donors (Lipinski definition) is 0. The largest absolute Gasteiger partial charge is 0.494 e. The first-order chi connectivity index (χ1) is 12.2. The molecule has 0 unspecified atom stereocenters. The van der Waals surface area contributed by atoms with Gasteiger partial charge in [-0.2, -0.15) is 0 Å². The number of halogens is 1. The highest BCUT2D eigenvalue weighted by atomic mass is 79.9. The van der Waals surface area contributed by atoms with Gasteiger partial charge in [0.15, 0.2) is 0 Å². The Morgan fingerprint density at radius 2 is 1.96 bits per heavy atom. The van der Waals surface area contributed by atoms with Crippen molar-refractivity contribution in [3.8, 4) is 17.1 Å². The van der Waals surface area contributed by atoms with Crippen LogP contribution in [0.1, 0.15) is 19.3 Å². The number of furan rings is 1. The zero-order chi connectivity index (χ0) is 17.6. The standard InChI is InChI=1S/C20H23BrN2O2/c1-23(2)20-9-6-15(14-22-20)19-13-16-12-17(7-8-18(16)25-19)24-11-5-3-4-10-21/h6-9,12-14H,3-5,10-11H2,1-2H3. The molecule has 2 aromatic heterocycles. The Morgan fingerprint density at radius 1 is 1.08 bits per heavy atom. The van der Waals surface area contributed by atoms with E-state index in [0.717, 1.165) is 52.2 Å². The zero-order valence-electron chi connectivity index (χ0n) is 14.7. The van der Waals surface area contributed by atoms with Crippen LogP contribution in [0.5, 0.6) is 5.75 Å². The van der Waals surface area contributed by atoms with Crippen molar-refractivity contribution in [2.45, 2.75) is 19.3 Å². The van der Waals surface area contributed by atoms with Crippen LogP contribution in [0, 0.1) is 0 Å². The first kappa shape index (κ1) is 17.8. The van der Waals surface area contributed by atoms with Crippen LogP contribution in [0.4, 0.5) is 5.82 Å². The summed E-state index contributed by atoms with van der Waals surface area (Å²) in [5, 5.41) is 2.10. The lowest BCUT2D eigenvalue weighted by Crippen LogP contribution is -2.09. The third kappa shape index (κ3) is 4.54. The maximum Gasteiger partial charge on any atom is 0.136 e. The van der Waals surface area contributed by atoms with E-state index in [-0.39, 0.29) is 0 Å². The minimum atomic E-state index is 0.749. The van der Waals surface area contributed by atoms with E-state index < -0.39 is 0 Å². The molecule has 0 N–H and O–H groups in total. The van der Waals surface area contributed by atoms with E-state index in [1.165, 1.54) is 12.8 Å². The third-order valence-electron chi connectivity index (χ3n) is 4.03. The zero-order valence-corrected chi connectivity index (χ0v) is 16.3. The van der Waals surface area contributed by atoms with Crippen molar-refractivity contribution in [2.24, 2.45) is 0 Å². The average molecular weight is 403 g/mol. The first-order valence-corrected chi connectivity index (χ1v) is 9.65. The molecule has 0 saturated carbocycles.